The molecule has 0 aliphatic heterocycles. The van der Waals surface area contributed by atoms with E-state index in [9.17, 15) is 9.59 Å². The third kappa shape index (κ3) is 3.80. The molecule has 3 aromatic rings. The van der Waals surface area contributed by atoms with Crippen LogP contribution in [-0.2, 0) is 9.63 Å². The summed E-state index contributed by atoms with van der Waals surface area (Å²) >= 11 is 0. The lowest BCUT2D eigenvalue weighted by molar-refractivity contribution is -0.140. The van der Waals surface area contributed by atoms with Crippen LogP contribution in [0.3, 0.4) is 0 Å². The Bertz CT molecular complexity index is 1130. The van der Waals surface area contributed by atoms with Crippen LogP contribution < -0.4 is 11.1 Å². The van der Waals surface area contributed by atoms with Crippen LogP contribution in [0.1, 0.15) is 43.2 Å². The van der Waals surface area contributed by atoms with E-state index in [4.69, 9.17) is 13.7 Å². The van der Waals surface area contributed by atoms with Gasteiger partial charge in [0.2, 0.25) is 0 Å². The Hall–Kier alpha value is -2.86. The van der Waals surface area contributed by atoms with Crippen LogP contribution in [0.2, 0.25) is 0 Å². The Morgan fingerprint density at radius 2 is 1.74 bits per heavy atom. The fourth-order valence-electron chi connectivity index (χ4n) is 2.92. The minimum absolute atomic E-state index is 0.363. The summed E-state index contributed by atoms with van der Waals surface area (Å²) in [5.74, 6) is 0.308. The number of amides is 1. The highest BCUT2D eigenvalue weighted by Gasteiger charge is 2.17. The van der Waals surface area contributed by atoms with E-state index in [2.05, 4.69) is 5.48 Å². The van der Waals surface area contributed by atoms with Gasteiger partial charge in [-0.3, -0.25) is 9.63 Å². The van der Waals surface area contributed by atoms with E-state index in [0.29, 0.717) is 16.9 Å². The number of hydrogen-bond donors (Lipinski definition) is 1. The molecule has 0 radical (unpaired) electrons. The van der Waals surface area contributed by atoms with Gasteiger partial charge in [-0.25, -0.2) is 10.3 Å². The lowest BCUT2D eigenvalue weighted by Gasteiger charge is -2.17. The van der Waals surface area contributed by atoms with Crippen LogP contribution in [0.15, 0.2) is 31.8 Å². The first-order chi connectivity index (χ1) is 12.6. The zero-order valence-corrected chi connectivity index (χ0v) is 16.4. The largest absolute Gasteiger partial charge is 0.460 e. The molecular weight excluding hydrogens is 346 g/mol. The number of benzene rings is 1. The van der Waals surface area contributed by atoms with Crippen molar-refractivity contribution < 1.29 is 18.5 Å². The third-order valence-electron chi connectivity index (χ3n) is 4.20. The summed E-state index contributed by atoms with van der Waals surface area (Å²) in [6.45, 7) is 11.1. The van der Waals surface area contributed by atoms with E-state index >= 15 is 0 Å². The van der Waals surface area contributed by atoms with E-state index in [0.717, 1.165) is 27.5 Å². The van der Waals surface area contributed by atoms with Crippen molar-refractivity contribution in [3.8, 4) is 0 Å². The Labute approximate surface area is 156 Å². The maximum Gasteiger partial charge on any atom is 0.336 e. The fourth-order valence-corrected chi connectivity index (χ4v) is 2.92. The zero-order chi connectivity index (χ0) is 19.9. The average Bonchev–Trinajstić information content (AvgIpc) is 2.88. The number of hydroxylamine groups is 1. The van der Waals surface area contributed by atoms with E-state index < -0.39 is 5.60 Å². The monoisotopic (exact) mass is 369 g/mol. The summed E-state index contributed by atoms with van der Waals surface area (Å²) in [4.78, 5) is 29.0. The van der Waals surface area contributed by atoms with Gasteiger partial charge in [0.05, 0.1) is 5.60 Å². The zero-order valence-electron chi connectivity index (χ0n) is 16.4. The molecule has 0 spiro atoms. The Kier molecular flexibility index (Phi) is 4.70. The van der Waals surface area contributed by atoms with Gasteiger partial charge in [-0.1, -0.05) is 0 Å². The number of carbonyl (C=O) groups excluding carboxylic acids is 1. The summed E-state index contributed by atoms with van der Waals surface area (Å²) in [5, 5.41) is 1.70. The van der Waals surface area contributed by atoms with Crippen molar-refractivity contribution in [2.45, 2.75) is 47.1 Å². The van der Waals surface area contributed by atoms with Gasteiger partial charge in [-0.2, -0.15) is 0 Å². The van der Waals surface area contributed by atoms with Gasteiger partial charge in [-0.05, 0) is 59.2 Å². The molecule has 1 N–H and O–H groups in total. The standard InChI is InChI=1S/C21H23NO5/c1-11-9-18(24)26-19-12(2)20-16(10-15(11)19)14(13(3)25-20)7-8-17(23)22-27-21(4,5)6/h7-10H,1-6H3,(H,22,23)/b8-7+. The van der Waals surface area contributed by atoms with Crippen molar-refractivity contribution in [1.82, 2.24) is 5.48 Å². The molecule has 0 saturated heterocycles. The molecule has 3 rings (SSSR count). The quantitative estimate of drug-likeness (QED) is 0.422. The first-order valence-corrected chi connectivity index (χ1v) is 8.70. The van der Waals surface area contributed by atoms with Crippen molar-refractivity contribution >= 4 is 33.9 Å². The van der Waals surface area contributed by atoms with Crippen LogP contribution in [0.5, 0.6) is 0 Å². The van der Waals surface area contributed by atoms with Crippen LogP contribution in [-0.4, -0.2) is 11.5 Å². The number of aryl methyl sites for hydroxylation is 3. The summed E-state index contributed by atoms with van der Waals surface area (Å²) < 4.78 is 11.3. The minimum atomic E-state index is -0.473. The Morgan fingerprint density at radius 1 is 1.07 bits per heavy atom. The van der Waals surface area contributed by atoms with Gasteiger partial charge in [0.15, 0.2) is 0 Å². The summed E-state index contributed by atoms with van der Waals surface area (Å²) in [6, 6.07) is 3.39. The molecule has 142 valence electrons. The van der Waals surface area contributed by atoms with Crippen molar-refractivity contribution in [2.24, 2.45) is 0 Å². The van der Waals surface area contributed by atoms with Crippen molar-refractivity contribution in [2.75, 3.05) is 0 Å². The van der Waals surface area contributed by atoms with Crippen molar-refractivity contribution in [1.29, 1.82) is 0 Å². The minimum Gasteiger partial charge on any atom is -0.460 e. The molecule has 6 nitrogen and oxygen atoms in total. The molecule has 1 amide bonds. The average molecular weight is 369 g/mol. The van der Waals surface area contributed by atoms with Crippen LogP contribution in [0, 0.1) is 20.8 Å². The lowest BCUT2D eigenvalue weighted by atomic mass is 10.0. The van der Waals surface area contributed by atoms with E-state index in [1.165, 1.54) is 12.1 Å². The van der Waals surface area contributed by atoms with Gasteiger partial charge in [0, 0.05) is 34.0 Å². The highest BCUT2D eigenvalue weighted by atomic mass is 16.7. The SMILES string of the molecule is Cc1oc2c(C)c3oc(=O)cc(C)c3cc2c1/C=C/C(=O)NOC(C)(C)C. The van der Waals surface area contributed by atoms with E-state index in [1.54, 1.807) is 6.08 Å². The number of fused-ring (bicyclic) bond motifs is 2. The molecule has 0 atom stereocenters. The van der Waals surface area contributed by atoms with E-state index in [-0.39, 0.29) is 11.5 Å². The van der Waals surface area contributed by atoms with E-state index in [1.807, 2.05) is 47.6 Å². The normalized spacial score (nSPS) is 12.4. The molecule has 0 fully saturated rings. The highest BCUT2D eigenvalue weighted by Crippen LogP contribution is 2.34. The molecule has 27 heavy (non-hydrogen) atoms. The maximum atomic E-state index is 12.0. The molecular formula is C21H23NO5. The third-order valence-corrected chi connectivity index (χ3v) is 4.20. The Balaban J connectivity index is 2.07. The predicted octanol–water partition coefficient (Wildman–Crippen LogP) is 4.32. The Morgan fingerprint density at radius 3 is 2.41 bits per heavy atom. The molecule has 0 aliphatic rings. The van der Waals surface area contributed by atoms with Crippen molar-refractivity contribution in [3.63, 3.8) is 0 Å². The summed E-state index contributed by atoms with van der Waals surface area (Å²) in [7, 11) is 0. The fraction of sp³-hybridized carbons (Fsp3) is 0.333. The van der Waals surface area contributed by atoms with Gasteiger partial charge in [-0.15, -0.1) is 0 Å². The van der Waals surface area contributed by atoms with Gasteiger partial charge < -0.3 is 8.83 Å². The number of furan rings is 1. The second-order valence-electron chi connectivity index (χ2n) is 7.59. The first kappa shape index (κ1) is 18.9. The number of nitrogens with one attached hydrogen (secondary N) is 1. The second kappa shape index (κ2) is 6.70. The molecule has 0 saturated carbocycles. The molecule has 1 aromatic carbocycles. The molecule has 0 aliphatic carbocycles. The number of hydrogen-bond acceptors (Lipinski definition) is 5. The summed E-state index contributed by atoms with van der Waals surface area (Å²) in [6.07, 6.45) is 3.10. The maximum absolute atomic E-state index is 12.0. The molecule has 0 bridgehead atoms. The predicted molar refractivity (Wildman–Crippen MR) is 104 cm³/mol. The van der Waals surface area contributed by atoms with Crippen LogP contribution in [0.4, 0.5) is 0 Å². The van der Waals surface area contributed by atoms with Crippen molar-refractivity contribution in [3.05, 3.63) is 51.1 Å². The smallest absolute Gasteiger partial charge is 0.336 e. The number of rotatable bonds is 3. The second-order valence-corrected chi connectivity index (χ2v) is 7.59. The molecule has 0 unspecified atom stereocenters. The molecule has 6 heteroatoms. The van der Waals surface area contributed by atoms with Gasteiger partial charge in [0.25, 0.3) is 5.91 Å². The lowest BCUT2D eigenvalue weighted by Crippen LogP contribution is -2.32. The van der Waals surface area contributed by atoms with Gasteiger partial charge in [0.1, 0.15) is 16.9 Å². The van der Waals surface area contributed by atoms with Crippen LogP contribution >= 0.6 is 0 Å². The first-order valence-electron chi connectivity index (χ1n) is 8.70. The van der Waals surface area contributed by atoms with Gasteiger partial charge >= 0.3 is 5.63 Å². The number of carbonyl (C=O) groups is 1. The highest BCUT2D eigenvalue weighted by molar-refractivity contribution is 6.03. The van der Waals surface area contributed by atoms with Crippen LogP contribution in [0.25, 0.3) is 28.0 Å². The molecule has 2 heterocycles. The summed E-state index contributed by atoms with van der Waals surface area (Å²) in [5.41, 5.74) is 5.09. The molecule has 2 aromatic heterocycles. The topological polar surface area (TPSA) is 81.7 Å².